The van der Waals surface area contributed by atoms with E-state index in [2.05, 4.69) is 38.0 Å². The fourth-order valence-electron chi connectivity index (χ4n) is 2.63. The lowest BCUT2D eigenvalue weighted by molar-refractivity contribution is 0.0592. The third-order valence-corrected chi connectivity index (χ3v) is 6.10. The molecule has 0 aliphatic carbocycles. The number of carboxylic acids is 1. The highest BCUT2D eigenvalue weighted by Gasteiger charge is 2.06. The van der Waals surface area contributed by atoms with Crippen molar-refractivity contribution in [3.63, 3.8) is 0 Å². The van der Waals surface area contributed by atoms with Crippen LogP contribution in [0.4, 0.5) is 5.69 Å². The highest BCUT2D eigenvalue weighted by atomic mass is 127. The average molecular weight is 601 g/mol. The number of nitrogen functional groups attached to an aromatic ring is 1. The van der Waals surface area contributed by atoms with E-state index in [1.807, 2.05) is 32.9 Å². The smallest absolute Gasteiger partial charge is 0.337 e. The maximum Gasteiger partial charge on any atom is 0.337 e. The molecule has 0 atom stereocenters. The van der Waals surface area contributed by atoms with Crippen molar-refractivity contribution in [1.29, 1.82) is 0 Å². The number of terminal acetylenes is 1. The molecule has 0 unspecified atom stereocenters. The molecule has 0 radical (unpaired) electrons. The van der Waals surface area contributed by atoms with Gasteiger partial charge in [-0.3, -0.25) is 0 Å². The molecular formula is C28H28INO6. The normalized spacial score (nSPS) is 9.36. The van der Waals surface area contributed by atoms with Crippen LogP contribution in [0.15, 0.2) is 54.6 Å². The number of carboxylic acid groups (broad SMARTS) is 1. The zero-order valence-electron chi connectivity index (χ0n) is 20.7. The molecule has 0 spiro atoms. The van der Waals surface area contributed by atoms with Crippen LogP contribution in [0.1, 0.15) is 53.3 Å². The van der Waals surface area contributed by atoms with Gasteiger partial charge in [0.25, 0.3) is 0 Å². The number of carbonyl (C=O) groups excluding carboxylic acids is 2. The molecular weight excluding hydrogens is 573 g/mol. The Hall–Kier alpha value is -3.84. The minimum absolute atomic E-state index is 0.230. The van der Waals surface area contributed by atoms with E-state index in [9.17, 15) is 14.4 Å². The van der Waals surface area contributed by atoms with Gasteiger partial charge in [0, 0.05) is 14.8 Å². The summed E-state index contributed by atoms with van der Waals surface area (Å²) in [5.41, 5.74) is 11.2. The number of anilines is 1. The highest BCUT2D eigenvalue weighted by Crippen LogP contribution is 2.14. The summed E-state index contributed by atoms with van der Waals surface area (Å²) in [4.78, 5) is 32.6. The number of esters is 2. The van der Waals surface area contributed by atoms with E-state index in [0.717, 1.165) is 14.7 Å². The Morgan fingerprint density at radius 3 is 1.72 bits per heavy atom. The number of nitrogens with two attached hydrogens (primary N) is 1. The topological polar surface area (TPSA) is 116 Å². The molecule has 188 valence electrons. The molecule has 0 saturated carbocycles. The maximum atomic E-state index is 11.1. The van der Waals surface area contributed by atoms with Gasteiger partial charge in [-0.05, 0) is 96.5 Å². The third-order valence-electron chi connectivity index (χ3n) is 4.93. The van der Waals surface area contributed by atoms with Crippen molar-refractivity contribution in [2.75, 3.05) is 20.0 Å². The molecule has 0 amide bonds. The largest absolute Gasteiger partial charge is 0.478 e. The van der Waals surface area contributed by atoms with Crippen molar-refractivity contribution in [3.05, 3.63) is 97.1 Å². The molecule has 0 aliphatic rings. The fraction of sp³-hybridized carbons (Fsp3) is 0.179. The van der Waals surface area contributed by atoms with Gasteiger partial charge < -0.3 is 20.3 Å². The second-order valence-electron chi connectivity index (χ2n) is 7.50. The second kappa shape index (κ2) is 14.5. The van der Waals surface area contributed by atoms with Gasteiger partial charge in [-0.2, -0.15) is 0 Å². The van der Waals surface area contributed by atoms with E-state index < -0.39 is 5.97 Å². The van der Waals surface area contributed by atoms with Crippen LogP contribution in [-0.2, 0) is 9.47 Å². The lowest BCUT2D eigenvalue weighted by atomic mass is 10.1. The monoisotopic (exact) mass is 601 g/mol. The maximum absolute atomic E-state index is 11.1. The molecule has 0 heterocycles. The van der Waals surface area contributed by atoms with Gasteiger partial charge in [-0.25, -0.2) is 14.4 Å². The molecule has 36 heavy (non-hydrogen) atoms. The van der Waals surface area contributed by atoms with Gasteiger partial charge in [0.05, 0.1) is 30.9 Å². The molecule has 8 heteroatoms. The predicted octanol–water partition coefficient (Wildman–Crippen LogP) is 5.42. The van der Waals surface area contributed by atoms with Crippen LogP contribution in [0.2, 0.25) is 0 Å². The van der Waals surface area contributed by atoms with Crippen LogP contribution < -0.4 is 5.73 Å². The number of hydrogen-bond donors (Lipinski definition) is 2. The molecule has 0 saturated heterocycles. The van der Waals surface area contributed by atoms with Gasteiger partial charge in [0.2, 0.25) is 0 Å². The van der Waals surface area contributed by atoms with Crippen LogP contribution in [0.25, 0.3) is 0 Å². The van der Waals surface area contributed by atoms with Crippen molar-refractivity contribution in [2.24, 2.45) is 0 Å². The van der Waals surface area contributed by atoms with Crippen molar-refractivity contribution < 1.29 is 29.0 Å². The zero-order valence-corrected chi connectivity index (χ0v) is 22.9. The van der Waals surface area contributed by atoms with Crippen molar-refractivity contribution in [2.45, 2.75) is 20.8 Å². The Kier molecular flexibility index (Phi) is 12.2. The van der Waals surface area contributed by atoms with Gasteiger partial charge in [-0.1, -0.05) is 24.1 Å². The number of carbonyl (C=O) groups is 3. The van der Waals surface area contributed by atoms with Gasteiger partial charge in [0.1, 0.15) is 0 Å². The molecule has 0 bridgehead atoms. The highest BCUT2D eigenvalue weighted by molar-refractivity contribution is 14.1. The fourth-order valence-corrected chi connectivity index (χ4v) is 3.15. The Labute approximate surface area is 224 Å². The number of halogens is 1. The first-order chi connectivity index (χ1) is 16.9. The second-order valence-corrected chi connectivity index (χ2v) is 8.66. The lowest BCUT2D eigenvalue weighted by Gasteiger charge is -2.02. The predicted molar refractivity (Wildman–Crippen MR) is 148 cm³/mol. The van der Waals surface area contributed by atoms with Crippen LogP contribution in [-0.4, -0.2) is 37.2 Å². The quantitative estimate of drug-likeness (QED) is 0.178. The number of ether oxygens (including phenoxy) is 2. The van der Waals surface area contributed by atoms with Crippen molar-refractivity contribution in [1.82, 2.24) is 0 Å². The number of hydrogen-bond acceptors (Lipinski definition) is 6. The summed E-state index contributed by atoms with van der Waals surface area (Å²) in [6.45, 7) is 5.74. The average Bonchev–Trinajstić information content (AvgIpc) is 2.87. The summed E-state index contributed by atoms with van der Waals surface area (Å²) in [7, 11) is 2.73. The molecule has 3 aromatic carbocycles. The van der Waals surface area contributed by atoms with Crippen molar-refractivity contribution in [3.8, 4) is 12.3 Å². The zero-order chi connectivity index (χ0) is 27.4. The Morgan fingerprint density at radius 1 is 0.806 bits per heavy atom. The molecule has 3 N–H and O–H groups in total. The molecule has 0 aromatic heterocycles. The van der Waals surface area contributed by atoms with E-state index in [0.29, 0.717) is 22.4 Å². The first-order valence-corrected chi connectivity index (χ1v) is 11.6. The molecule has 0 fully saturated rings. The summed E-state index contributed by atoms with van der Waals surface area (Å²) in [5, 5.41) is 8.63. The summed E-state index contributed by atoms with van der Waals surface area (Å²) >= 11 is 2.19. The molecule has 0 aliphatic heterocycles. The standard InChI is InChI=1S/C10H8O2.C9H9IO2.C9H11NO2/c1-3-8-6-9(10(11)12)5-4-7(8)2;2*1-6-3-4-7(5-8(6)10)9(11)12-2/h1,4-6H,2H3,(H,11,12);3-5H,1-2H3;3-5H,10H2,1-2H3. The van der Waals surface area contributed by atoms with E-state index in [4.69, 9.17) is 17.3 Å². The molecule has 7 nitrogen and oxygen atoms in total. The summed E-state index contributed by atoms with van der Waals surface area (Å²) in [6.07, 6.45) is 5.18. The number of methoxy groups -OCH3 is 2. The van der Waals surface area contributed by atoms with Crippen LogP contribution in [0, 0.1) is 36.7 Å². The van der Waals surface area contributed by atoms with Gasteiger partial charge in [-0.15, -0.1) is 6.42 Å². The number of aromatic carboxylic acids is 1. The van der Waals surface area contributed by atoms with Crippen molar-refractivity contribution >= 4 is 46.2 Å². The molecule has 3 rings (SSSR count). The lowest BCUT2D eigenvalue weighted by Crippen LogP contribution is -2.02. The first-order valence-electron chi connectivity index (χ1n) is 10.5. The van der Waals surface area contributed by atoms with Gasteiger partial charge in [0.15, 0.2) is 0 Å². The van der Waals surface area contributed by atoms with Crippen LogP contribution >= 0.6 is 22.6 Å². The van der Waals surface area contributed by atoms with E-state index in [-0.39, 0.29) is 17.5 Å². The van der Waals surface area contributed by atoms with E-state index >= 15 is 0 Å². The molecule has 3 aromatic rings. The number of benzene rings is 3. The van der Waals surface area contributed by atoms with E-state index in [1.54, 1.807) is 36.4 Å². The van der Waals surface area contributed by atoms with Crippen LogP contribution in [0.5, 0.6) is 0 Å². The van der Waals surface area contributed by atoms with E-state index in [1.165, 1.54) is 25.8 Å². The Balaban J connectivity index is 0.000000270. The van der Waals surface area contributed by atoms with Gasteiger partial charge >= 0.3 is 17.9 Å². The first kappa shape index (κ1) is 30.2. The summed E-state index contributed by atoms with van der Waals surface area (Å²) in [6, 6.07) is 15.3. The SMILES string of the molecule is C#Cc1cc(C(=O)O)ccc1C.COC(=O)c1ccc(C)c(I)c1.COC(=O)c1ccc(C)c(N)c1. The number of rotatable bonds is 3. The minimum Gasteiger partial charge on any atom is -0.478 e. The Morgan fingerprint density at radius 2 is 1.28 bits per heavy atom. The summed E-state index contributed by atoms with van der Waals surface area (Å²) < 4.78 is 10.2. The minimum atomic E-state index is -0.952. The summed E-state index contributed by atoms with van der Waals surface area (Å²) in [5.74, 6) is 0.831. The number of aryl methyl sites for hydroxylation is 3. The van der Waals surface area contributed by atoms with Crippen LogP contribution in [0.3, 0.4) is 0 Å². The third kappa shape index (κ3) is 9.07. The Bertz CT molecular complexity index is 1230.